The molecule has 3 rings (SSSR count). The zero-order valence-corrected chi connectivity index (χ0v) is 13.1. The number of rotatable bonds is 3. The van der Waals surface area contributed by atoms with Gasteiger partial charge in [0.2, 0.25) is 5.91 Å². The average Bonchev–Trinajstić information content (AvgIpc) is 3.06. The smallest absolute Gasteiger partial charge is 0.229 e. The predicted molar refractivity (Wildman–Crippen MR) is 82.2 cm³/mol. The molecule has 0 aliphatic carbocycles. The van der Waals surface area contributed by atoms with Crippen molar-refractivity contribution >= 4 is 17.2 Å². The fourth-order valence-corrected chi connectivity index (χ4v) is 3.54. The van der Waals surface area contributed by atoms with Gasteiger partial charge in [-0.2, -0.15) is 0 Å². The highest BCUT2D eigenvalue weighted by atomic mass is 32.1. The lowest BCUT2D eigenvalue weighted by molar-refractivity contribution is -0.133. The predicted octanol–water partition coefficient (Wildman–Crippen LogP) is 3.73. The molecular formula is C16H20N2O2S. The van der Waals surface area contributed by atoms with Gasteiger partial charge in [-0.1, -0.05) is 12.8 Å². The summed E-state index contributed by atoms with van der Waals surface area (Å²) in [6.45, 7) is 2.78. The maximum Gasteiger partial charge on any atom is 0.229 e. The molecule has 21 heavy (non-hydrogen) atoms. The van der Waals surface area contributed by atoms with E-state index < -0.39 is 0 Å². The zero-order chi connectivity index (χ0) is 14.7. The third-order valence-corrected chi connectivity index (χ3v) is 4.77. The largest absolute Gasteiger partial charge is 0.467 e. The molecule has 0 aromatic carbocycles. The van der Waals surface area contributed by atoms with E-state index in [0.717, 1.165) is 42.3 Å². The summed E-state index contributed by atoms with van der Waals surface area (Å²) in [6.07, 6.45) is 6.45. The number of aryl methyl sites for hydroxylation is 1. The summed E-state index contributed by atoms with van der Waals surface area (Å²) in [5.74, 6) is 1.06. The minimum absolute atomic E-state index is 0.0785. The van der Waals surface area contributed by atoms with E-state index >= 15 is 0 Å². The number of carbonyl (C=O) groups is 1. The van der Waals surface area contributed by atoms with Crippen LogP contribution in [0.15, 0.2) is 28.2 Å². The van der Waals surface area contributed by atoms with Crippen LogP contribution in [0, 0.1) is 6.92 Å². The molecule has 3 heterocycles. The van der Waals surface area contributed by atoms with Crippen molar-refractivity contribution in [1.29, 1.82) is 0 Å². The van der Waals surface area contributed by atoms with Gasteiger partial charge in [0.25, 0.3) is 0 Å². The molecule has 2 aromatic heterocycles. The normalized spacial score (nSPS) is 19.5. The monoisotopic (exact) mass is 304 g/mol. The fourth-order valence-electron chi connectivity index (χ4n) is 2.93. The van der Waals surface area contributed by atoms with E-state index in [1.165, 1.54) is 6.42 Å². The SMILES string of the molecule is Cc1nc(CC(=O)N2CCCCCC2c2ccco2)cs1. The summed E-state index contributed by atoms with van der Waals surface area (Å²) in [5, 5.41) is 2.99. The van der Waals surface area contributed by atoms with Crippen molar-refractivity contribution in [2.45, 2.75) is 45.1 Å². The van der Waals surface area contributed by atoms with Gasteiger partial charge >= 0.3 is 0 Å². The van der Waals surface area contributed by atoms with Crippen molar-refractivity contribution in [1.82, 2.24) is 9.88 Å². The number of hydrogen-bond donors (Lipinski definition) is 0. The van der Waals surface area contributed by atoms with E-state index in [4.69, 9.17) is 4.42 Å². The third kappa shape index (κ3) is 3.35. The molecule has 0 N–H and O–H groups in total. The number of thiazole rings is 1. The van der Waals surface area contributed by atoms with E-state index in [1.807, 2.05) is 29.3 Å². The first-order chi connectivity index (χ1) is 10.2. The fraction of sp³-hybridized carbons (Fsp3) is 0.500. The lowest BCUT2D eigenvalue weighted by Gasteiger charge is -2.28. The molecule has 1 unspecified atom stereocenters. The molecule has 4 nitrogen and oxygen atoms in total. The summed E-state index contributed by atoms with van der Waals surface area (Å²) in [7, 11) is 0. The van der Waals surface area contributed by atoms with Crippen molar-refractivity contribution in [3.63, 3.8) is 0 Å². The molecule has 0 radical (unpaired) electrons. The van der Waals surface area contributed by atoms with Crippen LogP contribution in [0.2, 0.25) is 0 Å². The van der Waals surface area contributed by atoms with E-state index in [-0.39, 0.29) is 11.9 Å². The lowest BCUT2D eigenvalue weighted by Crippen LogP contribution is -2.35. The van der Waals surface area contributed by atoms with E-state index in [9.17, 15) is 4.79 Å². The van der Waals surface area contributed by atoms with Crippen LogP contribution in [0.4, 0.5) is 0 Å². The Morgan fingerprint density at radius 3 is 3.10 bits per heavy atom. The third-order valence-electron chi connectivity index (χ3n) is 3.94. The molecule has 112 valence electrons. The molecule has 1 aliphatic rings. The molecule has 5 heteroatoms. The number of furan rings is 1. The molecule has 1 fully saturated rings. The highest BCUT2D eigenvalue weighted by Gasteiger charge is 2.28. The van der Waals surface area contributed by atoms with E-state index in [1.54, 1.807) is 17.6 Å². The van der Waals surface area contributed by atoms with Crippen molar-refractivity contribution < 1.29 is 9.21 Å². The molecule has 0 saturated carbocycles. The Bertz CT molecular complexity index is 591. The highest BCUT2D eigenvalue weighted by Crippen LogP contribution is 2.31. The molecule has 1 saturated heterocycles. The number of hydrogen-bond acceptors (Lipinski definition) is 4. The summed E-state index contributed by atoms with van der Waals surface area (Å²) >= 11 is 1.60. The van der Waals surface area contributed by atoms with Gasteiger partial charge in [-0.25, -0.2) is 4.98 Å². The lowest BCUT2D eigenvalue weighted by atomic mass is 10.1. The second-order valence-corrected chi connectivity index (χ2v) is 6.56. The molecule has 0 spiro atoms. The Balaban J connectivity index is 1.77. The molecule has 1 amide bonds. The Hall–Kier alpha value is -1.62. The summed E-state index contributed by atoms with van der Waals surface area (Å²) in [4.78, 5) is 19.1. The van der Waals surface area contributed by atoms with Crippen molar-refractivity contribution in [3.05, 3.63) is 40.2 Å². The maximum absolute atomic E-state index is 12.7. The van der Waals surface area contributed by atoms with Crippen LogP contribution in [0.25, 0.3) is 0 Å². The number of amides is 1. The maximum atomic E-state index is 12.7. The zero-order valence-electron chi connectivity index (χ0n) is 12.2. The van der Waals surface area contributed by atoms with Crippen LogP contribution in [0.1, 0.15) is 48.2 Å². The minimum atomic E-state index is 0.0785. The van der Waals surface area contributed by atoms with Gasteiger partial charge in [-0.3, -0.25) is 4.79 Å². The van der Waals surface area contributed by atoms with Gasteiger partial charge in [0, 0.05) is 11.9 Å². The van der Waals surface area contributed by atoms with Crippen molar-refractivity contribution in [3.8, 4) is 0 Å². The van der Waals surface area contributed by atoms with Gasteiger partial charge in [-0.15, -0.1) is 11.3 Å². The Labute approximate surface area is 128 Å². The highest BCUT2D eigenvalue weighted by molar-refractivity contribution is 7.09. The topological polar surface area (TPSA) is 46.3 Å². The summed E-state index contributed by atoms with van der Waals surface area (Å²) in [5.41, 5.74) is 0.880. The molecule has 0 bridgehead atoms. The van der Waals surface area contributed by atoms with Gasteiger partial charge in [0.05, 0.1) is 29.4 Å². The second kappa shape index (κ2) is 6.43. The van der Waals surface area contributed by atoms with Crippen molar-refractivity contribution in [2.24, 2.45) is 0 Å². The van der Waals surface area contributed by atoms with Gasteiger partial charge in [0.1, 0.15) is 5.76 Å². The second-order valence-electron chi connectivity index (χ2n) is 5.50. The summed E-state index contributed by atoms with van der Waals surface area (Å²) in [6, 6.07) is 3.95. The van der Waals surface area contributed by atoms with Crippen LogP contribution < -0.4 is 0 Å². The average molecular weight is 304 g/mol. The molecule has 1 aliphatic heterocycles. The molecule has 2 aromatic rings. The van der Waals surface area contributed by atoms with Crippen molar-refractivity contribution in [2.75, 3.05) is 6.54 Å². The first-order valence-electron chi connectivity index (χ1n) is 7.48. The number of nitrogens with zero attached hydrogens (tertiary/aromatic N) is 2. The van der Waals surface area contributed by atoms with Gasteiger partial charge in [-0.05, 0) is 31.9 Å². The van der Waals surface area contributed by atoms with E-state index in [0.29, 0.717) is 6.42 Å². The quantitative estimate of drug-likeness (QED) is 0.868. The Morgan fingerprint density at radius 1 is 1.48 bits per heavy atom. The van der Waals surface area contributed by atoms with Crippen LogP contribution in [-0.2, 0) is 11.2 Å². The number of aromatic nitrogens is 1. The van der Waals surface area contributed by atoms with E-state index in [2.05, 4.69) is 4.98 Å². The Morgan fingerprint density at radius 2 is 2.38 bits per heavy atom. The van der Waals surface area contributed by atoms with Crippen LogP contribution in [0.3, 0.4) is 0 Å². The van der Waals surface area contributed by atoms with Crippen LogP contribution >= 0.6 is 11.3 Å². The van der Waals surface area contributed by atoms with Crippen LogP contribution in [-0.4, -0.2) is 22.3 Å². The van der Waals surface area contributed by atoms with Gasteiger partial charge < -0.3 is 9.32 Å². The standard InChI is InChI=1S/C16H20N2O2S/c1-12-17-13(11-21-12)10-16(19)18-8-4-2-3-6-14(18)15-7-5-9-20-15/h5,7,9,11,14H,2-4,6,8,10H2,1H3. The number of likely N-dealkylation sites (tertiary alicyclic amines) is 1. The summed E-state index contributed by atoms with van der Waals surface area (Å²) < 4.78 is 5.56. The van der Waals surface area contributed by atoms with Gasteiger partial charge in [0.15, 0.2) is 0 Å². The van der Waals surface area contributed by atoms with Crippen LogP contribution in [0.5, 0.6) is 0 Å². The molecule has 1 atom stereocenters. The first kappa shape index (κ1) is 14.3. The minimum Gasteiger partial charge on any atom is -0.467 e. The number of carbonyl (C=O) groups excluding carboxylic acids is 1. The first-order valence-corrected chi connectivity index (χ1v) is 8.36. The Kier molecular flexibility index (Phi) is 4.39. The molecular weight excluding hydrogens is 284 g/mol.